The van der Waals surface area contributed by atoms with Gasteiger partial charge in [0.1, 0.15) is 5.82 Å². The van der Waals surface area contributed by atoms with Crippen LogP contribution in [0.3, 0.4) is 0 Å². The van der Waals surface area contributed by atoms with E-state index in [2.05, 4.69) is 5.32 Å². The van der Waals surface area contributed by atoms with Crippen molar-refractivity contribution in [1.29, 1.82) is 0 Å². The third kappa shape index (κ3) is 3.74. The second kappa shape index (κ2) is 6.59. The zero-order valence-corrected chi connectivity index (χ0v) is 14.8. The molecule has 3 rings (SSSR count). The summed E-state index contributed by atoms with van der Waals surface area (Å²) in [6, 6.07) is 12.2. The van der Waals surface area contributed by atoms with Crippen LogP contribution in [0, 0.1) is 5.82 Å². The first-order chi connectivity index (χ1) is 11.8. The van der Waals surface area contributed by atoms with E-state index in [1.54, 1.807) is 24.3 Å². The van der Waals surface area contributed by atoms with Gasteiger partial charge in [-0.1, -0.05) is 31.0 Å². The van der Waals surface area contributed by atoms with Gasteiger partial charge < -0.3 is 5.32 Å². The van der Waals surface area contributed by atoms with Crippen molar-refractivity contribution in [3.63, 3.8) is 0 Å². The van der Waals surface area contributed by atoms with Gasteiger partial charge in [-0.3, -0.25) is 4.79 Å². The van der Waals surface area contributed by atoms with Gasteiger partial charge in [-0.15, -0.1) is 0 Å². The number of rotatable bonds is 4. The predicted molar refractivity (Wildman–Crippen MR) is 93.6 cm³/mol. The van der Waals surface area contributed by atoms with Gasteiger partial charge in [-0.05, 0) is 48.7 Å². The SMILES string of the molecule is CS(=O)(=O)c1cccc(C(=O)NC2(c3ccc(F)cc3)CCCC2)c1. The smallest absolute Gasteiger partial charge is 0.252 e. The van der Waals surface area contributed by atoms with E-state index in [4.69, 9.17) is 0 Å². The number of benzene rings is 2. The van der Waals surface area contributed by atoms with Gasteiger partial charge in [0.2, 0.25) is 0 Å². The van der Waals surface area contributed by atoms with E-state index in [0.717, 1.165) is 37.5 Å². The molecule has 1 N–H and O–H groups in total. The van der Waals surface area contributed by atoms with E-state index in [1.165, 1.54) is 24.3 Å². The number of nitrogens with one attached hydrogen (secondary N) is 1. The van der Waals surface area contributed by atoms with Gasteiger partial charge in [0.25, 0.3) is 5.91 Å². The number of hydrogen-bond donors (Lipinski definition) is 1. The lowest BCUT2D eigenvalue weighted by Crippen LogP contribution is -2.43. The number of halogens is 1. The third-order valence-corrected chi connectivity index (χ3v) is 5.84. The van der Waals surface area contributed by atoms with Gasteiger partial charge in [-0.25, -0.2) is 12.8 Å². The summed E-state index contributed by atoms with van der Waals surface area (Å²) in [5.41, 5.74) is 0.640. The van der Waals surface area contributed by atoms with Crippen molar-refractivity contribution < 1.29 is 17.6 Å². The summed E-state index contributed by atoms with van der Waals surface area (Å²) < 4.78 is 36.6. The Morgan fingerprint density at radius 3 is 2.32 bits per heavy atom. The summed E-state index contributed by atoms with van der Waals surface area (Å²) in [7, 11) is -3.38. The largest absolute Gasteiger partial charge is 0.343 e. The number of sulfone groups is 1. The molecule has 0 radical (unpaired) electrons. The van der Waals surface area contributed by atoms with Crippen LogP contribution >= 0.6 is 0 Å². The molecule has 132 valence electrons. The number of carbonyl (C=O) groups excluding carboxylic acids is 1. The molecule has 2 aromatic carbocycles. The summed E-state index contributed by atoms with van der Waals surface area (Å²) in [6.07, 6.45) is 4.61. The van der Waals surface area contributed by atoms with Crippen LogP contribution in [0.25, 0.3) is 0 Å². The molecule has 0 atom stereocenters. The van der Waals surface area contributed by atoms with Crippen molar-refractivity contribution >= 4 is 15.7 Å². The Kier molecular flexibility index (Phi) is 4.64. The highest BCUT2D eigenvalue weighted by molar-refractivity contribution is 7.90. The lowest BCUT2D eigenvalue weighted by atomic mass is 9.87. The van der Waals surface area contributed by atoms with E-state index in [9.17, 15) is 17.6 Å². The Labute approximate surface area is 147 Å². The number of hydrogen-bond acceptors (Lipinski definition) is 3. The molecule has 1 amide bonds. The maximum Gasteiger partial charge on any atom is 0.252 e. The zero-order chi connectivity index (χ0) is 18.1. The van der Waals surface area contributed by atoms with Crippen molar-refractivity contribution in [2.75, 3.05) is 6.26 Å². The van der Waals surface area contributed by atoms with E-state index >= 15 is 0 Å². The van der Waals surface area contributed by atoms with Crippen LogP contribution in [0.15, 0.2) is 53.4 Å². The molecule has 2 aromatic rings. The standard InChI is InChI=1S/C19H20FNO3S/c1-25(23,24)17-6-4-5-14(13-17)18(22)21-19(11-2-3-12-19)15-7-9-16(20)10-8-15/h4-10,13H,2-3,11-12H2,1H3,(H,21,22). The van der Waals surface area contributed by atoms with E-state index in [1.807, 2.05) is 0 Å². The molecular weight excluding hydrogens is 341 g/mol. The van der Waals surface area contributed by atoms with Crippen LogP contribution in [0.5, 0.6) is 0 Å². The molecule has 0 spiro atoms. The van der Waals surface area contributed by atoms with Crippen molar-refractivity contribution in [1.82, 2.24) is 5.32 Å². The highest BCUT2D eigenvalue weighted by Gasteiger charge is 2.37. The first-order valence-corrected chi connectivity index (χ1v) is 10.1. The molecule has 0 aliphatic heterocycles. The second-order valence-electron chi connectivity index (χ2n) is 6.55. The fourth-order valence-corrected chi connectivity index (χ4v) is 4.06. The van der Waals surface area contributed by atoms with Crippen molar-refractivity contribution in [3.05, 3.63) is 65.5 Å². The number of amides is 1. The first kappa shape index (κ1) is 17.6. The molecule has 6 heteroatoms. The molecule has 4 nitrogen and oxygen atoms in total. The highest BCUT2D eigenvalue weighted by Crippen LogP contribution is 2.39. The van der Waals surface area contributed by atoms with Gasteiger partial charge in [0, 0.05) is 11.8 Å². The minimum Gasteiger partial charge on any atom is -0.343 e. The van der Waals surface area contributed by atoms with Gasteiger partial charge in [-0.2, -0.15) is 0 Å². The molecule has 0 unspecified atom stereocenters. The van der Waals surface area contributed by atoms with E-state index in [-0.39, 0.29) is 16.6 Å². The van der Waals surface area contributed by atoms with Gasteiger partial charge in [0.15, 0.2) is 9.84 Å². The minimum absolute atomic E-state index is 0.113. The topological polar surface area (TPSA) is 63.2 Å². The Hall–Kier alpha value is -2.21. The molecule has 0 aromatic heterocycles. The molecule has 0 saturated heterocycles. The molecule has 1 saturated carbocycles. The van der Waals surface area contributed by atoms with Crippen LogP contribution in [0.2, 0.25) is 0 Å². The predicted octanol–water partition coefficient (Wildman–Crippen LogP) is 3.43. The van der Waals surface area contributed by atoms with E-state index < -0.39 is 15.4 Å². The molecule has 0 bridgehead atoms. The maximum absolute atomic E-state index is 13.2. The van der Waals surface area contributed by atoms with Crippen LogP contribution in [0.1, 0.15) is 41.6 Å². The Morgan fingerprint density at radius 2 is 1.72 bits per heavy atom. The lowest BCUT2D eigenvalue weighted by Gasteiger charge is -2.31. The maximum atomic E-state index is 13.2. The van der Waals surface area contributed by atoms with Crippen molar-refractivity contribution in [2.24, 2.45) is 0 Å². The van der Waals surface area contributed by atoms with Crippen molar-refractivity contribution in [2.45, 2.75) is 36.1 Å². The average Bonchev–Trinajstić information content (AvgIpc) is 3.04. The molecule has 1 fully saturated rings. The van der Waals surface area contributed by atoms with Crippen LogP contribution < -0.4 is 5.32 Å². The summed E-state index contributed by atoms with van der Waals surface area (Å²) in [6.45, 7) is 0. The molecule has 25 heavy (non-hydrogen) atoms. The third-order valence-electron chi connectivity index (χ3n) is 4.73. The van der Waals surface area contributed by atoms with Crippen LogP contribution in [0.4, 0.5) is 4.39 Å². The molecular formula is C19H20FNO3S. The highest BCUT2D eigenvalue weighted by atomic mass is 32.2. The first-order valence-electron chi connectivity index (χ1n) is 8.19. The fourth-order valence-electron chi connectivity index (χ4n) is 3.39. The number of carbonyl (C=O) groups is 1. The monoisotopic (exact) mass is 361 g/mol. The average molecular weight is 361 g/mol. The van der Waals surface area contributed by atoms with Crippen LogP contribution in [-0.4, -0.2) is 20.6 Å². The van der Waals surface area contributed by atoms with E-state index in [0.29, 0.717) is 5.56 Å². The zero-order valence-electron chi connectivity index (χ0n) is 14.0. The Morgan fingerprint density at radius 1 is 1.08 bits per heavy atom. The normalized spacial score (nSPS) is 16.6. The lowest BCUT2D eigenvalue weighted by molar-refractivity contribution is 0.0898. The van der Waals surface area contributed by atoms with Crippen LogP contribution in [-0.2, 0) is 15.4 Å². The molecule has 1 aliphatic rings. The van der Waals surface area contributed by atoms with Crippen molar-refractivity contribution in [3.8, 4) is 0 Å². The van der Waals surface area contributed by atoms with Gasteiger partial charge in [0.05, 0.1) is 10.4 Å². The van der Waals surface area contributed by atoms with Gasteiger partial charge >= 0.3 is 0 Å². The molecule has 0 heterocycles. The minimum atomic E-state index is -3.38. The summed E-state index contributed by atoms with van der Waals surface area (Å²) in [5.74, 6) is -0.638. The summed E-state index contributed by atoms with van der Waals surface area (Å²) >= 11 is 0. The Balaban J connectivity index is 1.91. The molecule has 1 aliphatic carbocycles. The Bertz CT molecular complexity index is 885. The summed E-state index contributed by atoms with van der Waals surface area (Å²) in [5, 5.41) is 3.07. The second-order valence-corrected chi connectivity index (χ2v) is 8.57. The summed E-state index contributed by atoms with van der Waals surface area (Å²) in [4.78, 5) is 12.9. The quantitative estimate of drug-likeness (QED) is 0.907. The fraction of sp³-hybridized carbons (Fsp3) is 0.316.